The van der Waals surface area contributed by atoms with Gasteiger partial charge in [-0.3, -0.25) is 0 Å². The summed E-state index contributed by atoms with van der Waals surface area (Å²) in [5.74, 6) is 1.51. The molecule has 1 heterocycles. The van der Waals surface area contributed by atoms with Crippen molar-refractivity contribution in [2.45, 2.75) is 12.8 Å². The molecule has 0 saturated heterocycles. The van der Waals surface area contributed by atoms with Gasteiger partial charge in [0, 0.05) is 12.8 Å². The molecule has 0 unspecified atom stereocenters. The lowest BCUT2D eigenvalue weighted by Crippen LogP contribution is -2.01. The van der Waals surface area contributed by atoms with Gasteiger partial charge in [-0.1, -0.05) is 12.1 Å². The van der Waals surface area contributed by atoms with E-state index in [0.717, 1.165) is 23.5 Å². The summed E-state index contributed by atoms with van der Waals surface area (Å²) < 4.78 is 18.5. The van der Waals surface area contributed by atoms with Crippen molar-refractivity contribution in [2.24, 2.45) is 5.73 Å². The van der Waals surface area contributed by atoms with Crippen LogP contribution in [0.25, 0.3) is 0 Å². The molecule has 1 aromatic carbocycles. The molecule has 2 nitrogen and oxygen atoms in total. The van der Waals surface area contributed by atoms with E-state index < -0.39 is 0 Å². The minimum Gasteiger partial charge on any atom is -0.466 e. The maximum atomic E-state index is 12.9. The fraction of sp³-hybridized carbons (Fsp3) is 0.231. The van der Waals surface area contributed by atoms with E-state index in [1.165, 1.54) is 12.1 Å². The highest BCUT2D eigenvalue weighted by Gasteiger charge is 2.03. The molecule has 0 amide bonds. The molecule has 2 aromatic rings. The van der Waals surface area contributed by atoms with Crippen molar-refractivity contribution in [1.82, 2.24) is 0 Å². The van der Waals surface area contributed by atoms with Crippen molar-refractivity contribution < 1.29 is 8.81 Å². The van der Waals surface area contributed by atoms with Gasteiger partial charge < -0.3 is 10.2 Å². The zero-order chi connectivity index (χ0) is 11.4. The topological polar surface area (TPSA) is 39.2 Å². The molecule has 0 saturated carbocycles. The summed E-state index contributed by atoms with van der Waals surface area (Å²) in [6, 6.07) is 10.4. The van der Waals surface area contributed by atoms with Crippen molar-refractivity contribution in [3.8, 4) is 0 Å². The fourth-order valence-corrected chi connectivity index (χ4v) is 1.64. The molecule has 1 aromatic heterocycles. The van der Waals surface area contributed by atoms with E-state index in [1.54, 1.807) is 6.07 Å². The zero-order valence-electron chi connectivity index (χ0n) is 8.95. The van der Waals surface area contributed by atoms with Crippen LogP contribution in [0, 0.1) is 5.82 Å². The van der Waals surface area contributed by atoms with Gasteiger partial charge in [0.1, 0.15) is 17.3 Å². The van der Waals surface area contributed by atoms with Gasteiger partial charge in [0.15, 0.2) is 0 Å². The van der Waals surface area contributed by atoms with Gasteiger partial charge in [0.25, 0.3) is 0 Å². The molecule has 0 bridgehead atoms. The summed E-state index contributed by atoms with van der Waals surface area (Å²) in [4.78, 5) is 0. The molecule has 0 radical (unpaired) electrons. The largest absolute Gasteiger partial charge is 0.466 e. The summed E-state index contributed by atoms with van der Waals surface area (Å²) in [6.45, 7) is 0.576. The van der Waals surface area contributed by atoms with E-state index in [-0.39, 0.29) is 5.82 Å². The van der Waals surface area contributed by atoms with E-state index >= 15 is 0 Å². The van der Waals surface area contributed by atoms with Crippen LogP contribution in [0.1, 0.15) is 17.1 Å². The predicted octanol–water partition coefficient (Wildman–Crippen LogP) is 2.51. The quantitative estimate of drug-likeness (QED) is 0.858. The Morgan fingerprint density at radius 3 is 2.69 bits per heavy atom. The third kappa shape index (κ3) is 2.70. The first kappa shape index (κ1) is 10.9. The average Bonchev–Trinajstić information content (AvgIpc) is 2.66. The lowest BCUT2D eigenvalue weighted by Gasteiger charge is -1.98. The van der Waals surface area contributed by atoms with Crippen LogP contribution in [-0.4, -0.2) is 6.54 Å². The maximum absolute atomic E-state index is 12.9. The van der Waals surface area contributed by atoms with Crippen LogP contribution >= 0.6 is 0 Å². The van der Waals surface area contributed by atoms with Gasteiger partial charge in [0.05, 0.1) is 0 Å². The fourth-order valence-electron chi connectivity index (χ4n) is 1.64. The van der Waals surface area contributed by atoms with Gasteiger partial charge >= 0.3 is 0 Å². The van der Waals surface area contributed by atoms with Crippen LogP contribution in [0.5, 0.6) is 0 Å². The van der Waals surface area contributed by atoms with Crippen LogP contribution in [0.3, 0.4) is 0 Å². The van der Waals surface area contributed by atoms with Crippen molar-refractivity contribution in [2.75, 3.05) is 6.54 Å². The number of nitrogens with two attached hydrogens (primary N) is 1. The van der Waals surface area contributed by atoms with Crippen LogP contribution < -0.4 is 5.73 Å². The van der Waals surface area contributed by atoms with E-state index in [4.69, 9.17) is 10.2 Å². The smallest absolute Gasteiger partial charge is 0.123 e. The van der Waals surface area contributed by atoms with Crippen molar-refractivity contribution >= 4 is 0 Å². The SMILES string of the molecule is NCCc1ccc(Cc2cccc(F)c2)o1. The molecule has 0 atom stereocenters. The Hall–Kier alpha value is -1.61. The number of hydrogen-bond donors (Lipinski definition) is 1. The Morgan fingerprint density at radius 2 is 1.94 bits per heavy atom. The monoisotopic (exact) mass is 219 g/mol. The van der Waals surface area contributed by atoms with Gasteiger partial charge in [-0.2, -0.15) is 0 Å². The van der Waals surface area contributed by atoms with Crippen LogP contribution in [0.2, 0.25) is 0 Å². The van der Waals surface area contributed by atoms with E-state index in [0.29, 0.717) is 13.0 Å². The Kier molecular flexibility index (Phi) is 3.37. The maximum Gasteiger partial charge on any atom is 0.123 e. The van der Waals surface area contributed by atoms with Crippen molar-refractivity contribution in [1.29, 1.82) is 0 Å². The Labute approximate surface area is 93.9 Å². The second kappa shape index (κ2) is 4.94. The second-order valence-corrected chi connectivity index (χ2v) is 3.71. The summed E-state index contributed by atoms with van der Waals surface area (Å²) in [5, 5.41) is 0. The highest BCUT2D eigenvalue weighted by molar-refractivity contribution is 5.22. The standard InChI is InChI=1S/C13H14FNO/c14-11-3-1-2-10(8-11)9-13-5-4-12(16-13)6-7-15/h1-5,8H,6-7,9,15H2. The van der Waals surface area contributed by atoms with E-state index in [9.17, 15) is 4.39 Å². The second-order valence-electron chi connectivity index (χ2n) is 3.71. The first-order valence-electron chi connectivity index (χ1n) is 5.30. The van der Waals surface area contributed by atoms with E-state index in [2.05, 4.69) is 0 Å². The predicted molar refractivity (Wildman–Crippen MR) is 60.7 cm³/mol. The minimum absolute atomic E-state index is 0.216. The summed E-state index contributed by atoms with van der Waals surface area (Å²) in [6.07, 6.45) is 1.35. The number of benzene rings is 1. The minimum atomic E-state index is -0.216. The third-order valence-electron chi connectivity index (χ3n) is 2.38. The molecule has 2 N–H and O–H groups in total. The Morgan fingerprint density at radius 1 is 1.12 bits per heavy atom. The first-order chi connectivity index (χ1) is 7.78. The first-order valence-corrected chi connectivity index (χ1v) is 5.30. The van der Waals surface area contributed by atoms with Gasteiger partial charge in [-0.05, 0) is 36.4 Å². The molecule has 2 rings (SSSR count). The molecule has 0 fully saturated rings. The Balaban J connectivity index is 2.08. The summed E-state index contributed by atoms with van der Waals surface area (Å²) in [5.41, 5.74) is 6.34. The molecule has 3 heteroatoms. The number of halogens is 1. The summed E-state index contributed by atoms with van der Waals surface area (Å²) >= 11 is 0. The van der Waals surface area contributed by atoms with Crippen LogP contribution in [0.15, 0.2) is 40.8 Å². The average molecular weight is 219 g/mol. The molecule has 0 aliphatic rings. The van der Waals surface area contributed by atoms with Gasteiger partial charge in [-0.15, -0.1) is 0 Å². The molecule has 0 aliphatic carbocycles. The number of rotatable bonds is 4. The summed E-state index contributed by atoms with van der Waals surface area (Å²) in [7, 11) is 0. The molecule has 0 spiro atoms. The lowest BCUT2D eigenvalue weighted by atomic mass is 10.1. The number of hydrogen-bond acceptors (Lipinski definition) is 2. The van der Waals surface area contributed by atoms with Gasteiger partial charge in [-0.25, -0.2) is 4.39 Å². The highest BCUT2D eigenvalue weighted by atomic mass is 19.1. The molecule has 16 heavy (non-hydrogen) atoms. The van der Waals surface area contributed by atoms with Crippen LogP contribution in [-0.2, 0) is 12.8 Å². The van der Waals surface area contributed by atoms with Crippen molar-refractivity contribution in [3.63, 3.8) is 0 Å². The molecule has 0 aliphatic heterocycles. The highest BCUT2D eigenvalue weighted by Crippen LogP contribution is 2.14. The van der Waals surface area contributed by atoms with E-state index in [1.807, 2.05) is 18.2 Å². The lowest BCUT2D eigenvalue weighted by molar-refractivity contribution is 0.474. The molecular formula is C13H14FNO. The zero-order valence-corrected chi connectivity index (χ0v) is 8.95. The molecular weight excluding hydrogens is 205 g/mol. The van der Waals surface area contributed by atoms with Crippen LogP contribution in [0.4, 0.5) is 4.39 Å². The van der Waals surface area contributed by atoms with Gasteiger partial charge in [0.2, 0.25) is 0 Å². The Bertz CT molecular complexity index is 464. The van der Waals surface area contributed by atoms with Crippen molar-refractivity contribution in [3.05, 3.63) is 59.3 Å². The third-order valence-corrected chi connectivity index (χ3v) is 2.38. The normalized spacial score (nSPS) is 10.6. The number of furan rings is 1. The molecule has 84 valence electrons.